The molecule has 2 aliphatic heterocycles. The van der Waals surface area contributed by atoms with E-state index in [9.17, 15) is 14.0 Å². The molecule has 1 aliphatic carbocycles. The summed E-state index contributed by atoms with van der Waals surface area (Å²) in [5.41, 5.74) is 3.53. The Morgan fingerprint density at radius 3 is 2.53 bits per heavy atom. The van der Waals surface area contributed by atoms with Crippen LogP contribution < -0.4 is 5.32 Å². The zero-order chi connectivity index (χ0) is 22.1. The minimum Gasteiger partial charge on any atom is -0.380 e. The molecule has 1 atom stereocenters. The minimum absolute atomic E-state index is 0.102. The SMILES string of the molecule is O=C1CN(Cc2ccc(-c3ccc(F)c(CN[C@@H]4CCOC4)c3)cc2)C(=O)N1CC1CC1. The molecule has 3 fully saturated rings. The van der Waals surface area contributed by atoms with Crippen molar-refractivity contribution in [3.8, 4) is 11.1 Å². The van der Waals surface area contributed by atoms with Crippen LogP contribution in [0.15, 0.2) is 42.5 Å². The first-order chi connectivity index (χ1) is 15.6. The van der Waals surface area contributed by atoms with E-state index in [1.54, 1.807) is 11.0 Å². The molecule has 0 radical (unpaired) electrons. The van der Waals surface area contributed by atoms with Crippen molar-refractivity contribution in [1.29, 1.82) is 0 Å². The lowest BCUT2D eigenvalue weighted by atomic mass is 10.0. The maximum Gasteiger partial charge on any atom is 0.327 e. The fraction of sp³-hybridized carbons (Fsp3) is 0.440. The third kappa shape index (κ3) is 4.69. The second kappa shape index (κ2) is 9.00. The summed E-state index contributed by atoms with van der Waals surface area (Å²) in [6.45, 7) is 3.01. The quantitative estimate of drug-likeness (QED) is 0.642. The average Bonchev–Trinajstić information content (AvgIpc) is 3.40. The molecule has 6 nitrogen and oxygen atoms in total. The van der Waals surface area contributed by atoms with Crippen LogP contribution in [0.3, 0.4) is 0 Å². The molecule has 7 heteroatoms. The Labute approximate surface area is 187 Å². The number of nitrogens with zero attached hydrogens (tertiary/aromatic N) is 2. The molecule has 1 saturated carbocycles. The fourth-order valence-electron chi connectivity index (χ4n) is 4.32. The summed E-state index contributed by atoms with van der Waals surface area (Å²) in [6.07, 6.45) is 3.16. The summed E-state index contributed by atoms with van der Waals surface area (Å²) in [5.74, 6) is 0.171. The highest BCUT2D eigenvalue weighted by Gasteiger charge is 2.39. The van der Waals surface area contributed by atoms with Crippen LogP contribution in [0.5, 0.6) is 0 Å². The predicted molar refractivity (Wildman–Crippen MR) is 118 cm³/mol. The van der Waals surface area contributed by atoms with Crippen LogP contribution >= 0.6 is 0 Å². The lowest BCUT2D eigenvalue weighted by molar-refractivity contribution is -0.125. The molecule has 0 aromatic heterocycles. The number of urea groups is 1. The van der Waals surface area contributed by atoms with Gasteiger partial charge in [0.05, 0.1) is 6.61 Å². The first-order valence-electron chi connectivity index (χ1n) is 11.3. The Morgan fingerprint density at radius 1 is 1.03 bits per heavy atom. The second-order valence-electron chi connectivity index (χ2n) is 9.03. The van der Waals surface area contributed by atoms with Gasteiger partial charge in [0.25, 0.3) is 0 Å². The molecule has 2 aromatic rings. The van der Waals surface area contributed by atoms with Crippen molar-refractivity contribution in [3.05, 3.63) is 59.4 Å². The number of carbonyl (C=O) groups is 2. The highest BCUT2D eigenvalue weighted by Crippen LogP contribution is 2.31. The molecule has 3 amide bonds. The van der Waals surface area contributed by atoms with Crippen LogP contribution in [-0.4, -0.2) is 54.1 Å². The molecule has 3 aliphatic rings. The van der Waals surface area contributed by atoms with Gasteiger partial charge in [0.15, 0.2) is 0 Å². The molecule has 2 heterocycles. The lowest BCUT2D eigenvalue weighted by Crippen LogP contribution is -2.34. The van der Waals surface area contributed by atoms with E-state index in [1.165, 1.54) is 11.0 Å². The summed E-state index contributed by atoms with van der Waals surface area (Å²) in [4.78, 5) is 27.8. The topological polar surface area (TPSA) is 61.9 Å². The van der Waals surface area contributed by atoms with Crippen molar-refractivity contribution in [2.75, 3.05) is 26.3 Å². The number of benzene rings is 2. The van der Waals surface area contributed by atoms with Gasteiger partial charge in [-0.2, -0.15) is 0 Å². The molecule has 1 N–H and O–H groups in total. The van der Waals surface area contributed by atoms with Crippen molar-refractivity contribution in [2.45, 2.75) is 38.4 Å². The Balaban J connectivity index is 1.23. The van der Waals surface area contributed by atoms with E-state index in [2.05, 4.69) is 5.32 Å². The van der Waals surface area contributed by atoms with E-state index in [4.69, 9.17) is 4.74 Å². The molecule has 5 rings (SSSR count). The van der Waals surface area contributed by atoms with Crippen molar-refractivity contribution in [3.63, 3.8) is 0 Å². The number of carbonyl (C=O) groups excluding carboxylic acids is 2. The van der Waals surface area contributed by atoms with Crippen LogP contribution in [0.4, 0.5) is 9.18 Å². The van der Waals surface area contributed by atoms with Crippen molar-refractivity contribution >= 4 is 11.9 Å². The van der Waals surface area contributed by atoms with E-state index < -0.39 is 0 Å². The van der Waals surface area contributed by atoms with Crippen LogP contribution in [0.2, 0.25) is 0 Å². The van der Waals surface area contributed by atoms with Gasteiger partial charge in [0, 0.05) is 37.8 Å². The van der Waals surface area contributed by atoms with E-state index in [0.29, 0.717) is 37.7 Å². The number of hydrogen-bond acceptors (Lipinski definition) is 4. The highest BCUT2D eigenvalue weighted by atomic mass is 19.1. The van der Waals surface area contributed by atoms with Crippen LogP contribution in [0.25, 0.3) is 11.1 Å². The highest BCUT2D eigenvalue weighted by molar-refractivity contribution is 6.02. The number of halogens is 1. The van der Waals surface area contributed by atoms with Gasteiger partial charge in [-0.1, -0.05) is 30.3 Å². The van der Waals surface area contributed by atoms with E-state index in [-0.39, 0.29) is 30.3 Å². The molecular formula is C25H28FN3O3. The van der Waals surface area contributed by atoms with Gasteiger partial charge in [0.1, 0.15) is 12.4 Å². The molecule has 32 heavy (non-hydrogen) atoms. The smallest absolute Gasteiger partial charge is 0.327 e. The van der Waals surface area contributed by atoms with Gasteiger partial charge in [-0.05, 0) is 54.0 Å². The van der Waals surface area contributed by atoms with E-state index in [0.717, 1.165) is 42.6 Å². The molecule has 2 saturated heterocycles. The normalized spacial score (nSPS) is 21.1. The summed E-state index contributed by atoms with van der Waals surface area (Å²) in [5, 5.41) is 3.36. The standard InChI is InChI=1S/C25H28FN3O3/c26-23-8-7-20(11-21(23)12-27-22-9-10-32-16-22)19-5-3-17(4-6-19)13-28-15-24(30)29(25(28)31)14-18-1-2-18/h3-8,11,18,22,27H,1-2,9-10,12-16H2/t22-/m1/s1. The summed E-state index contributed by atoms with van der Waals surface area (Å²) in [6, 6.07) is 13.2. The number of imide groups is 1. The van der Waals surface area contributed by atoms with Crippen molar-refractivity contribution in [2.24, 2.45) is 5.92 Å². The van der Waals surface area contributed by atoms with Crippen molar-refractivity contribution < 1.29 is 18.7 Å². The zero-order valence-corrected chi connectivity index (χ0v) is 18.1. The summed E-state index contributed by atoms with van der Waals surface area (Å²) in [7, 11) is 0. The number of nitrogens with one attached hydrogen (secondary N) is 1. The Kier molecular flexibility index (Phi) is 5.93. The maximum atomic E-state index is 14.3. The van der Waals surface area contributed by atoms with Gasteiger partial charge in [-0.3, -0.25) is 9.69 Å². The molecular weight excluding hydrogens is 409 g/mol. The van der Waals surface area contributed by atoms with Crippen molar-refractivity contribution in [1.82, 2.24) is 15.1 Å². The number of hydrogen-bond donors (Lipinski definition) is 1. The van der Waals surface area contributed by atoms with E-state index >= 15 is 0 Å². The Hall–Kier alpha value is -2.77. The summed E-state index contributed by atoms with van der Waals surface area (Å²) >= 11 is 0. The third-order valence-corrected chi connectivity index (χ3v) is 6.48. The lowest BCUT2D eigenvalue weighted by Gasteiger charge is -2.17. The monoisotopic (exact) mass is 437 g/mol. The molecule has 2 aromatic carbocycles. The molecule has 0 spiro atoms. The van der Waals surface area contributed by atoms with Crippen LogP contribution in [-0.2, 0) is 22.6 Å². The molecule has 0 unspecified atom stereocenters. The largest absolute Gasteiger partial charge is 0.380 e. The number of ether oxygens (including phenoxy) is 1. The number of rotatable bonds is 8. The van der Waals surface area contributed by atoms with Crippen LogP contribution in [0, 0.1) is 11.7 Å². The predicted octanol–water partition coefficient (Wildman–Crippen LogP) is 3.55. The average molecular weight is 438 g/mol. The first kappa shape index (κ1) is 21.1. The van der Waals surface area contributed by atoms with Gasteiger partial charge >= 0.3 is 6.03 Å². The first-order valence-corrected chi connectivity index (χ1v) is 11.3. The van der Waals surface area contributed by atoms with Gasteiger partial charge < -0.3 is 15.0 Å². The molecule has 168 valence electrons. The van der Waals surface area contributed by atoms with Gasteiger partial charge in [-0.25, -0.2) is 9.18 Å². The zero-order valence-electron chi connectivity index (χ0n) is 18.1. The van der Waals surface area contributed by atoms with Crippen LogP contribution in [0.1, 0.15) is 30.4 Å². The maximum absolute atomic E-state index is 14.3. The van der Waals surface area contributed by atoms with Gasteiger partial charge in [0.2, 0.25) is 5.91 Å². The minimum atomic E-state index is -0.218. The summed E-state index contributed by atoms with van der Waals surface area (Å²) < 4.78 is 19.7. The second-order valence-corrected chi connectivity index (χ2v) is 9.03. The number of amides is 3. The Bertz CT molecular complexity index is 1000. The van der Waals surface area contributed by atoms with Gasteiger partial charge in [-0.15, -0.1) is 0 Å². The Morgan fingerprint density at radius 2 is 1.81 bits per heavy atom. The van der Waals surface area contributed by atoms with E-state index in [1.807, 2.05) is 30.3 Å². The third-order valence-electron chi connectivity index (χ3n) is 6.48. The molecule has 0 bridgehead atoms. The fourth-order valence-corrected chi connectivity index (χ4v) is 4.32.